The number of hydrogen-bond acceptors (Lipinski definition) is 1. The van der Waals surface area contributed by atoms with E-state index in [-0.39, 0.29) is 16.7 Å². The SMILES string of the molecule is O=C(O)c1ccc(-c2cccc(C(F)(F)F)c2)c(C(F)F)c1. The van der Waals surface area contributed by atoms with Gasteiger partial charge < -0.3 is 5.11 Å². The largest absolute Gasteiger partial charge is 0.478 e. The maximum absolute atomic E-state index is 13.1. The summed E-state index contributed by atoms with van der Waals surface area (Å²) in [5, 5.41) is 8.81. The lowest BCUT2D eigenvalue weighted by Crippen LogP contribution is -2.05. The molecule has 0 atom stereocenters. The number of carboxylic acid groups (broad SMARTS) is 1. The summed E-state index contributed by atoms with van der Waals surface area (Å²) in [5.74, 6) is -1.39. The summed E-state index contributed by atoms with van der Waals surface area (Å²) in [6.45, 7) is 0. The van der Waals surface area contributed by atoms with Crippen molar-refractivity contribution in [1.82, 2.24) is 0 Å². The van der Waals surface area contributed by atoms with Crippen LogP contribution in [0.25, 0.3) is 11.1 Å². The van der Waals surface area contributed by atoms with Gasteiger partial charge in [0.25, 0.3) is 6.43 Å². The van der Waals surface area contributed by atoms with Gasteiger partial charge in [-0.2, -0.15) is 13.2 Å². The highest BCUT2D eigenvalue weighted by Gasteiger charge is 2.30. The number of carbonyl (C=O) groups is 1. The van der Waals surface area contributed by atoms with Crippen LogP contribution >= 0.6 is 0 Å². The van der Waals surface area contributed by atoms with Gasteiger partial charge in [-0.1, -0.05) is 18.2 Å². The Hall–Kier alpha value is -2.44. The Morgan fingerprint density at radius 2 is 1.73 bits per heavy atom. The Labute approximate surface area is 121 Å². The van der Waals surface area contributed by atoms with Crippen molar-refractivity contribution in [2.75, 3.05) is 0 Å². The van der Waals surface area contributed by atoms with E-state index < -0.39 is 29.7 Å². The normalized spacial score (nSPS) is 11.7. The van der Waals surface area contributed by atoms with Gasteiger partial charge in [0.05, 0.1) is 11.1 Å². The number of halogens is 5. The predicted octanol–water partition coefficient (Wildman–Crippen LogP) is 5.01. The third kappa shape index (κ3) is 3.24. The zero-order valence-electron chi connectivity index (χ0n) is 10.9. The lowest BCUT2D eigenvalue weighted by atomic mass is 9.96. The highest BCUT2D eigenvalue weighted by atomic mass is 19.4. The molecule has 0 fully saturated rings. The van der Waals surface area contributed by atoms with Crippen molar-refractivity contribution < 1.29 is 31.9 Å². The van der Waals surface area contributed by atoms with E-state index in [4.69, 9.17) is 5.11 Å². The van der Waals surface area contributed by atoms with Gasteiger partial charge in [0.1, 0.15) is 0 Å². The molecule has 2 rings (SSSR count). The number of carboxylic acids is 1. The molecular formula is C15H9F5O2. The first kappa shape index (κ1) is 15.9. The van der Waals surface area contributed by atoms with Crippen molar-refractivity contribution in [3.63, 3.8) is 0 Å². The van der Waals surface area contributed by atoms with Crippen LogP contribution in [0, 0.1) is 0 Å². The van der Waals surface area contributed by atoms with Crippen LogP contribution in [0.15, 0.2) is 42.5 Å². The van der Waals surface area contributed by atoms with E-state index in [0.717, 1.165) is 36.4 Å². The molecule has 0 heterocycles. The van der Waals surface area contributed by atoms with Gasteiger partial charge in [-0.3, -0.25) is 0 Å². The van der Waals surface area contributed by atoms with Crippen molar-refractivity contribution in [2.45, 2.75) is 12.6 Å². The topological polar surface area (TPSA) is 37.3 Å². The summed E-state index contributed by atoms with van der Waals surface area (Å²) in [6, 6.07) is 6.88. The molecule has 0 saturated carbocycles. The minimum Gasteiger partial charge on any atom is -0.478 e. The molecule has 22 heavy (non-hydrogen) atoms. The minimum atomic E-state index is -4.60. The number of hydrogen-bond donors (Lipinski definition) is 1. The molecule has 0 radical (unpaired) electrons. The van der Waals surface area contributed by atoms with Gasteiger partial charge in [-0.25, -0.2) is 13.6 Å². The van der Waals surface area contributed by atoms with Crippen molar-refractivity contribution in [2.24, 2.45) is 0 Å². The second-order valence-electron chi connectivity index (χ2n) is 4.49. The molecule has 7 heteroatoms. The first-order valence-corrected chi connectivity index (χ1v) is 6.03. The Bertz CT molecular complexity index is 707. The Morgan fingerprint density at radius 1 is 1.05 bits per heavy atom. The lowest BCUT2D eigenvalue weighted by Gasteiger charge is -2.13. The third-order valence-corrected chi connectivity index (χ3v) is 3.03. The van der Waals surface area contributed by atoms with Crippen LogP contribution in [-0.2, 0) is 6.18 Å². The van der Waals surface area contributed by atoms with Gasteiger partial charge in [-0.15, -0.1) is 0 Å². The first-order valence-electron chi connectivity index (χ1n) is 6.03. The molecule has 0 aliphatic heterocycles. The zero-order valence-corrected chi connectivity index (χ0v) is 10.9. The predicted molar refractivity (Wildman–Crippen MR) is 68.8 cm³/mol. The average Bonchev–Trinajstić information content (AvgIpc) is 2.45. The quantitative estimate of drug-likeness (QED) is 0.808. The molecule has 0 bridgehead atoms. The zero-order chi connectivity index (χ0) is 16.5. The second kappa shape index (κ2) is 5.75. The molecule has 0 aromatic heterocycles. The third-order valence-electron chi connectivity index (χ3n) is 3.03. The van der Waals surface area contributed by atoms with E-state index in [0.29, 0.717) is 0 Å². The summed E-state index contributed by atoms with van der Waals surface area (Å²) >= 11 is 0. The molecule has 0 amide bonds. The van der Waals surface area contributed by atoms with E-state index in [1.165, 1.54) is 6.07 Å². The van der Waals surface area contributed by atoms with Crippen LogP contribution < -0.4 is 0 Å². The Kier molecular flexibility index (Phi) is 4.16. The standard InChI is InChI=1S/C15H9F5O2/c16-13(17)12-7-9(14(21)22)4-5-11(12)8-2-1-3-10(6-8)15(18,19)20/h1-7,13H,(H,21,22). The lowest BCUT2D eigenvalue weighted by molar-refractivity contribution is -0.137. The number of rotatable bonds is 3. The fraction of sp³-hybridized carbons (Fsp3) is 0.133. The molecule has 0 saturated heterocycles. The molecule has 1 N–H and O–H groups in total. The van der Waals surface area contributed by atoms with Crippen LogP contribution in [0.4, 0.5) is 22.0 Å². The average molecular weight is 316 g/mol. The van der Waals surface area contributed by atoms with E-state index in [1.807, 2.05) is 0 Å². The number of aromatic carboxylic acids is 1. The second-order valence-corrected chi connectivity index (χ2v) is 4.49. The summed E-state index contributed by atoms with van der Waals surface area (Å²) in [7, 11) is 0. The van der Waals surface area contributed by atoms with Crippen molar-refractivity contribution in [1.29, 1.82) is 0 Å². The maximum atomic E-state index is 13.1. The summed E-state index contributed by atoms with van der Waals surface area (Å²) < 4.78 is 64.2. The van der Waals surface area contributed by atoms with Crippen LogP contribution in [-0.4, -0.2) is 11.1 Å². The minimum absolute atomic E-state index is 0.0536. The molecule has 2 aromatic carbocycles. The van der Waals surface area contributed by atoms with Gasteiger partial charge in [0, 0.05) is 5.56 Å². The van der Waals surface area contributed by atoms with Crippen LogP contribution in [0.5, 0.6) is 0 Å². The van der Waals surface area contributed by atoms with Gasteiger partial charge in [-0.05, 0) is 35.4 Å². The molecule has 2 nitrogen and oxygen atoms in total. The molecule has 0 aliphatic carbocycles. The highest BCUT2D eigenvalue weighted by Crippen LogP contribution is 2.36. The van der Waals surface area contributed by atoms with Crippen LogP contribution in [0.2, 0.25) is 0 Å². The van der Waals surface area contributed by atoms with E-state index in [9.17, 15) is 26.7 Å². The smallest absolute Gasteiger partial charge is 0.416 e. The molecule has 116 valence electrons. The summed E-state index contributed by atoms with van der Waals surface area (Å²) in [6.07, 6.45) is -7.61. The Balaban J connectivity index is 2.60. The van der Waals surface area contributed by atoms with E-state index in [1.54, 1.807) is 0 Å². The summed E-state index contributed by atoms with van der Waals surface area (Å²) in [5.41, 5.74) is -2.13. The highest BCUT2D eigenvalue weighted by molar-refractivity contribution is 5.89. The van der Waals surface area contributed by atoms with Gasteiger partial charge in [0.15, 0.2) is 0 Å². The number of benzene rings is 2. The van der Waals surface area contributed by atoms with E-state index >= 15 is 0 Å². The summed E-state index contributed by atoms with van der Waals surface area (Å²) in [4.78, 5) is 10.8. The van der Waals surface area contributed by atoms with Gasteiger partial charge in [0.2, 0.25) is 0 Å². The monoisotopic (exact) mass is 316 g/mol. The van der Waals surface area contributed by atoms with Gasteiger partial charge >= 0.3 is 12.1 Å². The first-order chi connectivity index (χ1) is 10.2. The fourth-order valence-corrected chi connectivity index (χ4v) is 2.00. The van der Waals surface area contributed by atoms with Crippen LogP contribution in [0.3, 0.4) is 0 Å². The van der Waals surface area contributed by atoms with Crippen molar-refractivity contribution >= 4 is 5.97 Å². The number of alkyl halides is 5. The molecule has 0 aliphatic rings. The fourth-order valence-electron chi connectivity index (χ4n) is 2.00. The Morgan fingerprint density at radius 3 is 2.27 bits per heavy atom. The van der Waals surface area contributed by atoms with Crippen LogP contribution in [0.1, 0.15) is 27.9 Å². The molecular weight excluding hydrogens is 307 g/mol. The maximum Gasteiger partial charge on any atom is 0.416 e. The molecule has 0 spiro atoms. The molecule has 2 aromatic rings. The van der Waals surface area contributed by atoms with Crippen molar-refractivity contribution in [3.05, 3.63) is 59.2 Å². The molecule has 0 unspecified atom stereocenters. The van der Waals surface area contributed by atoms with E-state index in [2.05, 4.69) is 0 Å². The van der Waals surface area contributed by atoms with Crippen molar-refractivity contribution in [3.8, 4) is 11.1 Å².